The Hall–Kier alpha value is -2.04. The van der Waals surface area contributed by atoms with Crippen LogP contribution in [0.15, 0.2) is 79.0 Å². The Kier molecular flexibility index (Phi) is 5.10. The molecular formula is C27H25BIrNSi2-. The van der Waals surface area contributed by atoms with Crippen LogP contribution in [0.2, 0.25) is 26.2 Å². The molecule has 0 unspecified atom stereocenters. The van der Waals surface area contributed by atoms with Crippen molar-refractivity contribution >= 4 is 60.0 Å². The molecule has 0 saturated heterocycles. The van der Waals surface area contributed by atoms with Gasteiger partial charge in [-0.15, -0.1) is 33.5 Å². The summed E-state index contributed by atoms with van der Waals surface area (Å²) in [5.41, 5.74) is 6.80. The molecule has 32 heavy (non-hydrogen) atoms. The van der Waals surface area contributed by atoms with Gasteiger partial charge in [-0.2, -0.15) is 0 Å². The van der Waals surface area contributed by atoms with Gasteiger partial charge in [-0.05, 0) is 11.8 Å². The number of pyridine rings is 1. The summed E-state index contributed by atoms with van der Waals surface area (Å²) in [6.07, 6.45) is 1.90. The minimum Gasteiger partial charge on any atom is -0.305 e. The number of fused-ring (bicyclic) bond motifs is 4. The molecule has 0 aliphatic carbocycles. The van der Waals surface area contributed by atoms with Gasteiger partial charge in [0.25, 0.3) is 0 Å². The van der Waals surface area contributed by atoms with Crippen LogP contribution in [-0.2, 0) is 20.1 Å². The van der Waals surface area contributed by atoms with Gasteiger partial charge in [-0.1, -0.05) is 108 Å². The van der Waals surface area contributed by atoms with Crippen LogP contribution in [0.5, 0.6) is 0 Å². The summed E-state index contributed by atoms with van der Waals surface area (Å²) >= 11 is 0. The van der Waals surface area contributed by atoms with E-state index in [2.05, 4.69) is 99.0 Å². The van der Waals surface area contributed by atoms with Gasteiger partial charge in [0.1, 0.15) is 0 Å². The van der Waals surface area contributed by atoms with E-state index in [1.165, 1.54) is 16.1 Å². The van der Waals surface area contributed by atoms with Gasteiger partial charge in [0.05, 0.1) is 16.1 Å². The molecule has 1 aromatic heterocycles. The smallest absolute Gasteiger partial charge is 0.190 e. The predicted molar refractivity (Wildman–Crippen MR) is 140 cm³/mol. The Morgan fingerprint density at radius 2 is 1.31 bits per heavy atom. The van der Waals surface area contributed by atoms with Gasteiger partial charge in [0, 0.05) is 26.3 Å². The maximum atomic E-state index is 4.69. The number of hydrogen-bond acceptors (Lipinski definition) is 1. The van der Waals surface area contributed by atoms with Crippen LogP contribution in [0.4, 0.5) is 0 Å². The Bertz CT molecular complexity index is 1270. The standard InChI is InChI=1S/C27H25BNSi2.Ir/c1-30(2)23-14-7-5-11-20(23)28-21-12-6-8-15-24(21)31(3,4)26-18-19(17-25(30)27(26)28)22-13-9-10-16-29-22;/h5-17H,1-4H3;/q-1;. The fourth-order valence-electron chi connectivity index (χ4n) is 5.96. The van der Waals surface area contributed by atoms with Crippen LogP contribution in [0.25, 0.3) is 11.3 Å². The number of rotatable bonds is 1. The van der Waals surface area contributed by atoms with Gasteiger partial charge in [0.2, 0.25) is 0 Å². The summed E-state index contributed by atoms with van der Waals surface area (Å²) in [5, 5.41) is 6.21. The fourth-order valence-corrected chi connectivity index (χ4v) is 12.4. The molecular weight excluding hydrogens is 598 g/mol. The average molecular weight is 623 g/mol. The predicted octanol–water partition coefficient (Wildman–Crippen LogP) is 1.33. The molecule has 2 aliphatic heterocycles. The Balaban J connectivity index is 0.00000216. The Labute approximate surface area is 206 Å². The van der Waals surface area contributed by atoms with Crippen molar-refractivity contribution < 1.29 is 20.1 Å². The van der Waals surface area contributed by atoms with Crippen molar-refractivity contribution in [2.75, 3.05) is 0 Å². The van der Waals surface area contributed by atoms with Gasteiger partial charge < -0.3 is 4.98 Å². The SMILES string of the molecule is C[Si]1(C)c2[c-]c(-c3ccccn3)cc3c2B(c2ccccc21)c1ccccc1[Si]3(C)C.[Ir]. The zero-order valence-electron chi connectivity index (χ0n) is 18.9. The van der Waals surface area contributed by atoms with Crippen molar-refractivity contribution in [1.29, 1.82) is 0 Å². The quantitative estimate of drug-likeness (QED) is 0.231. The minimum atomic E-state index is -1.90. The third kappa shape index (κ3) is 2.88. The second kappa shape index (κ2) is 7.49. The van der Waals surface area contributed by atoms with Crippen molar-refractivity contribution in [3.63, 3.8) is 0 Å². The molecule has 0 fully saturated rings. The first-order valence-electron chi connectivity index (χ1n) is 11.1. The van der Waals surface area contributed by atoms with Crippen LogP contribution in [-0.4, -0.2) is 27.8 Å². The molecule has 6 rings (SSSR count). The number of nitrogens with zero attached hydrogens (tertiary/aromatic N) is 1. The van der Waals surface area contributed by atoms with Crippen molar-refractivity contribution in [2.45, 2.75) is 26.2 Å². The molecule has 0 spiro atoms. The monoisotopic (exact) mass is 623 g/mol. The van der Waals surface area contributed by atoms with Gasteiger partial charge in [-0.3, -0.25) is 0 Å². The maximum absolute atomic E-state index is 4.69. The molecule has 3 heterocycles. The summed E-state index contributed by atoms with van der Waals surface area (Å²) in [6.45, 7) is 10.4. The van der Waals surface area contributed by atoms with Crippen LogP contribution >= 0.6 is 0 Å². The van der Waals surface area contributed by atoms with Crippen LogP contribution in [0.3, 0.4) is 0 Å². The first kappa shape index (κ1) is 21.8. The number of hydrogen-bond donors (Lipinski definition) is 0. The van der Waals surface area contributed by atoms with E-state index < -0.39 is 16.1 Å². The molecule has 5 heteroatoms. The van der Waals surface area contributed by atoms with Gasteiger partial charge in [0.15, 0.2) is 6.71 Å². The Morgan fingerprint density at radius 1 is 0.719 bits per heavy atom. The van der Waals surface area contributed by atoms with E-state index in [1.54, 1.807) is 21.0 Å². The maximum Gasteiger partial charge on any atom is 0.190 e. The topological polar surface area (TPSA) is 12.9 Å². The molecule has 2 aliphatic rings. The summed E-state index contributed by atoms with van der Waals surface area (Å²) < 4.78 is 0. The van der Waals surface area contributed by atoms with Crippen molar-refractivity contribution in [2.24, 2.45) is 0 Å². The first-order chi connectivity index (χ1) is 14.9. The van der Waals surface area contributed by atoms with Gasteiger partial charge in [-0.25, -0.2) is 0 Å². The summed E-state index contributed by atoms with van der Waals surface area (Å²) in [5.74, 6) is 0. The molecule has 4 aromatic rings. The molecule has 0 bridgehead atoms. The van der Waals surface area contributed by atoms with E-state index >= 15 is 0 Å². The third-order valence-electron chi connectivity index (χ3n) is 7.53. The van der Waals surface area contributed by atoms with Crippen LogP contribution in [0.1, 0.15) is 0 Å². The number of aromatic nitrogens is 1. The normalized spacial score (nSPS) is 16.3. The van der Waals surface area contributed by atoms with E-state index in [9.17, 15) is 0 Å². The summed E-state index contributed by atoms with van der Waals surface area (Å²) in [7, 11) is -3.76. The summed E-state index contributed by atoms with van der Waals surface area (Å²) in [4.78, 5) is 4.69. The molecule has 3 aromatic carbocycles. The molecule has 0 amide bonds. The van der Waals surface area contributed by atoms with Crippen LogP contribution in [0, 0.1) is 6.07 Å². The van der Waals surface area contributed by atoms with E-state index in [-0.39, 0.29) is 20.1 Å². The van der Waals surface area contributed by atoms with Crippen LogP contribution < -0.4 is 37.1 Å². The first-order valence-corrected chi connectivity index (χ1v) is 17.1. The molecule has 1 nitrogen and oxygen atoms in total. The molecule has 1 radical (unpaired) electrons. The average Bonchev–Trinajstić information content (AvgIpc) is 2.79. The fraction of sp³-hybridized carbons (Fsp3) is 0.148. The summed E-state index contributed by atoms with van der Waals surface area (Å²) in [6, 6.07) is 31.0. The van der Waals surface area contributed by atoms with E-state index in [4.69, 9.17) is 4.98 Å². The molecule has 0 saturated carbocycles. The Morgan fingerprint density at radius 3 is 1.94 bits per heavy atom. The second-order valence-electron chi connectivity index (χ2n) is 9.96. The third-order valence-corrected chi connectivity index (χ3v) is 14.5. The van der Waals surface area contributed by atoms with Crippen molar-refractivity contribution in [1.82, 2.24) is 4.98 Å². The van der Waals surface area contributed by atoms with Gasteiger partial charge >= 0.3 is 0 Å². The van der Waals surface area contributed by atoms with Crippen molar-refractivity contribution in [3.8, 4) is 11.3 Å². The zero-order valence-corrected chi connectivity index (χ0v) is 23.3. The second-order valence-corrected chi connectivity index (χ2v) is 18.6. The zero-order chi connectivity index (χ0) is 21.4. The number of benzene rings is 3. The van der Waals surface area contributed by atoms with E-state index in [0.29, 0.717) is 6.71 Å². The van der Waals surface area contributed by atoms with E-state index in [0.717, 1.165) is 11.3 Å². The van der Waals surface area contributed by atoms with E-state index in [1.807, 2.05) is 12.3 Å². The minimum absolute atomic E-state index is 0. The van der Waals surface area contributed by atoms with Crippen molar-refractivity contribution in [3.05, 3.63) is 85.1 Å². The molecule has 0 atom stereocenters. The largest absolute Gasteiger partial charge is 0.305 e. The molecule has 159 valence electrons. The molecule has 0 N–H and O–H groups in total.